The van der Waals surface area contributed by atoms with Gasteiger partial charge in [0, 0.05) is 28.5 Å². The van der Waals surface area contributed by atoms with Crippen LogP contribution in [0.2, 0.25) is 0 Å². The molecule has 1 aliphatic heterocycles. The lowest BCUT2D eigenvalue weighted by Gasteiger charge is -2.38. The first kappa shape index (κ1) is 20.8. The minimum atomic E-state index is -0.764. The van der Waals surface area contributed by atoms with Crippen molar-refractivity contribution in [2.45, 2.75) is 63.3 Å². The Hall–Kier alpha value is -2.41. The minimum Gasteiger partial charge on any atom is -0.343 e. The van der Waals surface area contributed by atoms with Gasteiger partial charge in [0.05, 0.1) is 11.5 Å². The van der Waals surface area contributed by atoms with Crippen LogP contribution in [-0.4, -0.2) is 21.0 Å². The van der Waals surface area contributed by atoms with E-state index < -0.39 is 11.7 Å². The van der Waals surface area contributed by atoms with Crippen molar-refractivity contribution < 1.29 is 9.18 Å². The Morgan fingerprint density at radius 3 is 2.70 bits per heavy atom. The van der Waals surface area contributed by atoms with Crippen LogP contribution in [0.4, 0.5) is 10.2 Å². The van der Waals surface area contributed by atoms with Crippen LogP contribution >= 0.6 is 11.8 Å². The highest BCUT2D eigenvalue weighted by atomic mass is 32.2. The first-order valence-corrected chi connectivity index (χ1v) is 11.2. The van der Waals surface area contributed by atoms with E-state index in [2.05, 4.69) is 29.1 Å². The second-order valence-corrected chi connectivity index (χ2v) is 10.3. The van der Waals surface area contributed by atoms with Gasteiger partial charge in [-0.2, -0.15) is 0 Å². The Kier molecular flexibility index (Phi) is 5.34. The molecule has 2 heterocycles. The number of anilines is 1. The lowest BCUT2D eigenvalue weighted by molar-refractivity contribution is -0.118. The summed E-state index contributed by atoms with van der Waals surface area (Å²) >= 11 is 1.50. The van der Waals surface area contributed by atoms with Crippen molar-refractivity contribution >= 4 is 23.4 Å². The number of fused-ring (bicyclic) bond motifs is 1. The molecule has 5 nitrogen and oxygen atoms in total. The average Bonchev–Trinajstić information content (AvgIpc) is 2.65. The molecule has 0 spiro atoms. The second-order valence-electron chi connectivity index (χ2n) is 8.88. The van der Waals surface area contributed by atoms with E-state index in [0.29, 0.717) is 45.8 Å². The number of ketones is 1. The third-order valence-electron chi connectivity index (χ3n) is 5.80. The van der Waals surface area contributed by atoms with Gasteiger partial charge in [0.1, 0.15) is 11.6 Å². The highest BCUT2D eigenvalue weighted by Gasteiger charge is 2.43. The van der Waals surface area contributed by atoms with Crippen LogP contribution in [0.15, 0.2) is 45.5 Å². The molecule has 2 N–H and O–H groups in total. The summed E-state index contributed by atoms with van der Waals surface area (Å²) < 4.78 is 14.8. The molecule has 4 rings (SSSR count). The predicted octanol–water partition coefficient (Wildman–Crippen LogP) is 5.00. The van der Waals surface area contributed by atoms with Gasteiger partial charge < -0.3 is 10.3 Å². The molecule has 2 unspecified atom stereocenters. The molecular formula is C23H26FN3O2S. The van der Waals surface area contributed by atoms with Crippen molar-refractivity contribution in [2.24, 2.45) is 5.41 Å². The summed E-state index contributed by atoms with van der Waals surface area (Å²) in [4.78, 5) is 33.8. The Morgan fingerprint density at radius 2 is 2.00 bits per heavy atom. The molecule has 1 aromatic carbocycles. The highest BCUT2D eigenvalue weighted by molar-refractivity contribution is 7.99. The molecule has 30 heavy (non-hydrogen) atoms. The topological polar surface area (TPSA) is 74.8 Å². The SMILES string of the molecule is CCC(C)Sc1nc2c(c(=O)[nH]1)C(c1ccccc1F)C1=C(CC(C)(C)CC1=O)N2. The van der Waals surface area contributed by atoms with E-state index in [9.17, 15) is 14.0 Å². The predicted molar refractivity (Wildman–Crippen MR) is 117 cm³/mol. The number of carbonyl (C=O) groups excluding carboxylic acids is 1. The van der Waals surface area contributed by atoms with Crippen LogP contribution in [0.5, 0.6) is 0 Å². The van der Waals surface area contributed by atoms with E-state index in [4.69, 9.17) is 0 Å². The van der Waals surface area contributed by atoms with Crippen LogP contribution in [-0.2, 0) is 4.79 Å². The summed E-state index contributed by atoms with van der Waals surface area (Å²) in [6.45, 7) is 8.23. The van der Waals surface area contributed by atoms with Crippen molar-refractivity contribution in [3.63, 3.8) is 0 Å². The van der Waals surface area contributed by atoms with E-state index in [-0.39, 0.29) is 16.8 Å². The third kappa shape index (κ3) is 3.71. The van der Waals surface area contributed by atoms with Gasteiger partial charge in [-0.15, -0.1) is 0 Å². The zero-order valence-corrected chi connectivity index (χ0v) is 18.5. The molecular weight excluding hydrogens is 401 g/mol. The van der Waals surface area contributed by atoms with Gasteiger partial charge in [-0.05, 0) is 24.3 Å². The van der Waals surface area contributed by atoms with E-state index in [1.165, 1.54) is 17.8 Å². The van der Waals surface area contributed by atoms with Gasteiger partial charge in [-0.1, -0.05) is 57.7 Å². The summed E-state index contributed by atoms with van der Waals surface area (Å²) in [6, 6.07) is 6.35. The first-order valence-electron chi connectivity index (χ1n) is 10.3. The fourth-order valence-electron chi connectivity index (χ4n) is 4.24. The molecule has 158 valence electrons. The molecule has 1 aromatic heterocycles. The number of Topliss-reactive ketones (excluding diaryl/α,β-unsaturated/α-hetero) is 1. The molecule has 1 aliphatic carbocycles. The third-order valence-corrected chi connectivity index (χ3v) is 6.96. The number of carbonyl (C=O) groups is 1. The Balaban J connectivity index is 1.93. The number of halogens is 1. The normalized spacial score (nSPS) is 21.0. The smallest absolute Gasteiger partial charge is 0.257 e. The van der Waals surface area contributed by atoms with Gasteiger partial charge in [0.15, 0.2) is 10.9 Å². The fourth-order valence-corrected chi connectivity index (χ4v) is 5.09. The number of benzene rings is 1. The zero-order valence-electron chi connectivity index (χ0n) is 17.6. The van der Waals surface area contributed by atoms with Gasteiger partial charge in [-0.25, -0.2) is 9.37 Å². The van der Waals surface area contributed by atoms with Crippen molar-refractivity contribution in [1.82, 2.24) is 9.97 Å². The Bertz CT molecular complexity index is 1110. The van der Waals surface area contributed by atoms with Gasteiger partial charge in [-0.3, -0.25) is 9.59 Å². The number of nitrogens with one attached hydrogen (secondary N) is 2. The summed E-state index contributed by atoms with van der Waals surface area (Å²) in [7, 11) is 0. The molecule has 7 heteroatoms. The summed E-state index contributed by atoms with van der Waals surface area (Å²) in [5, 5.41) is 4.09. The van der Waals surface area contributed by atoms with Gasteiger partial charge >= 0.3 is 0 Å². The number of aromatic nitrogens is 2. The minimum absolute atomic E-state index is 0.0508. The van der Waals surface area contributed by atoms with Crippen LogP contribution in [0, 0.1) is 11.2 Å². The van der Waals surface area contributed by atoms with Crippen molar-refractivity contribution in [1.29, 1.82) is 0 Å². The lowest BCUT2D eigenvalue weighted by atomic mass is 9.69. The van der Waals surface area contributed by atoms with Crippen molar-refractivity contribution in [3.05, 3.63) is 62.8 Å². The lowest BCUT2D eigenvalue weighted by Crippen LogP contribution is -2.37. The fraction of sp³-hybridized carbons (Fsp3) is 0.435. The quantitative estimate of drug-likeness (QED) is 0.531. The maximum absolute atomic E-state index is 14.8. The first-order chi connectivity index (χ1) is 14.2. The van der Waals surface area contributed by atoms with Crippen LogP contribution in [0.25, 0.3) is 0 Å². The highest BCUT2D eigenvalue weighted by Crippen LogP contribution is 2.48. The van der Waals surface area contributed by atoms with Crippen LogP contribution in [0.3, 0.4) is 0 Å². The molecule has 0 saturated heterocycles. The van der Waals surface area contributed by atoms with E-state index in [1.54, 1.807) is 18.2 Å². The van der Waals surface area contributed by atoms with Gasteiger partial charge in [0.2, 0.25) is 0 Å². The summed E-state index contributed by atoms with van der Waals surface area (Å²) in [5.41, 5.74) is 1.32. The molecule has 0 amide bonds. The molecule has 0 bridgehead atoms. The van der Waals surface area contributed by atoms with Crippen molar-refractivity contribution in [2.75, 3.05) is 5.32 Å². The Morgan fingerprint density at radius 1 is 1.27 bits per heavy atom. The number of hydrogen-bond acceptors (Lipinski definition) is 5. The Labute approximate surface area is 179 Å². The molecule has 2 atom stereocenters. The number of H-pyrrole nitrogens is 1. The zero-order chi connectivity index (χ0) is 21.6. The maximum atomic E-state index is 14.8. The number of allylic oxidation sites excluding steroid dienone is 2. The maximum Gasteiger partial charge on any atom is 0.257 e. The van der Waals surface area contributed by atoms with E-state index >= 15 is 0 Å². The van der Waals surface area contributed by atoms with Crippen LogP contribution in [0.1, 0.15) is 64.0 Å². The summed E-state index contributed by atoms with van der Waals surface area (Å²) in [5.74, 6) is -0.829. The number of nitrogens with zero attached hydrogens (tertiary/aromatic N) is 1. The largest absolute Gasteiger partial charge is 0.343 e. The standard InChI is InChI=1S/C23H26FN3O2S/c1-5-12(2)30-22-26-20-19(21(29)27-22)17(13-8-6-7-9-14(13)24)18-15(25-20)10-23(3,4)11-16(18)28/h6-9,12,17H,5,10-11H2,1-4H3,(H2,25,26,27,29). The number of hydrogen-bond donors (Lipinski definition) is 2. The summed E-state index contributed by atoms with van der Waals surface area (Å²) in [6.07, 6.45) is 1.94. The molecule has 0 radical (unpaired) electrons. The monoisotopic (exact) mass is 427 g/mol. The average molecular weight is 428 g/mol. The van der Waals surface area contributed by atoms with Crippen LogP contribution < -0.4 is 10.9 Å². The van der Waals surface area contributed by atoms with E-state index in [1.807, 2.05) is 13.8 Å². The second kappa shape index (κ2) is 7.69. The number of aromatic amines is 1. The molecule has 0 saturated carbocycles. The number of rotatable bonds is 4. The molecule has 0 fully saturated rings. The van der Waals surface area contributed by atoms with Crippen molar-refractivity contribution in [3.8, 4) is 0 Å². The molecule has 2 aliphatic rings. The molecule has 2 aromatic rings. The van der Waals surface area contributed by atoms with E-state index in [0.717, 1.165) is 12.1 Å². The number of thioether (sulfide) groups is 1. The van der Waals surface area contributed by atoms with Gasteiger partial charge in [0.25, 0.3) is 5.56 Å².